The summed E-state index contributed by atoms with van der Waals surface area (Å²) in [5.41, 5.74) is 0.332. The summed E-state index contributed by atoms with van der Waals surface area (Å²) in [6, 6.07) is 3.46. The SMILES string of the molecule is Cl.Cl.N#Cc1cc(Br)c(O)c([C@@H](C(F)F)N2CCNCC2)c1. The Kier molecular flexibility index (Phi) is 9.20. The molecule has 0 amide bonds. The summed E-state index contributed by atoms with van der Waals surface area (Å²) < 4.78 is 27.1. The van der Waals surface area contributed by atoms with Gasteiger partial charge in [-0.3, -0.25) is 4.90 Å². The van der Waals surface area contributed by atoms with Gasteiger partial charge in [-0.15, -0.1) is 24.8 Å². The lowest BCUT2D eigenvalue weighted by atomic mass is 10.0. The third kappa shape index (κ3) is 4.67. The van der Waals surface area contributed by atoms with Crippen LogP contribution in [0, 0.1) is 11.3 Å². The zero-order chi connectivity index (χ0) is 14.7. The molecule has 0 aromatic heterocycles. The number of alkyl halides is 2. The first kappa shape index (κ1) is 21.4. The highest BCUT2D eigenvalue weighted by Gasteiger charge is 2.33. The molecule has 0 saturated carbocycles. The fraction of sp³-hybridized carbons (Fsp3) is 0.462. The lowest BCUT2D eigenvalue weighted by Gasteiger charge is -2.35. The Morgan fingerprint density at radius 1 is 1.27 bits per heavy atom. The average molecular weight is 419 g/mol. The van der Waals surface area contributed by atoms with E-state index in [4.69, 9.17) is 5.26 Å². The van der Waals surface area contributed by atoms with E-state index in [1.807, 2.05) is 6.07 Å². The number of nitrogens with zero attached hydrogens (tertiary/aromatic N) is 2. The summed E-state index contributed by atoms with van der Waals surface area (Å²) in [6.07, 6.45) is -2.64. The van der Waals surface area contributed by atoms with Gasteiger partial charge in [0.25, 0.3) is 6.43 Å². The number of nitriles is 1. The third-order valence-corrected chi connectivity index (χ3v) is 3.93. The molecule has 2 rings (SSSR count). The first-order valence-electron chi connectivity index (χ1n) is 6.20. The molecule has 4 nitrogen and oxygen atoms in total. The second-order valence-corrected chi connectivity index (χ2v) is 5.43. The Hall–Kier alpha value is -0.650. The normalized spacial score (nSPS) is 16.3. The third-order valence-electron chi connectivity index (χ3n) is 3.32. The van der Waals surface area contributed by atoms with Crippen molar-refractivity contribution >= 4 is 40.7 Å². The van der Waals surface area contributed by atoms with Gasteiger partial charge >= 0.3 is 0 Å². The number of phenols is 1. The zero-order valence-corrected chi connectivity index (χ0v) is 14.6. The summed E-state index contributed by atoms with van der Waals surface area (Å²) in [6.45, 7) is 2.21. The predicted octanol–water partition coefficient (Wildman–Crippen LogP) is 3.08. The van der Waals surface area contributed by atoms with Gasteiger partial charge in [0.2, 0.25) is 0 Å². The van der Waals surface area contributed by atoms with E-state index in [9.17, 15) is 13.9 Å². The van der Waals surface area contributed by atoms with E-state index in [0.29, 0.717) is 26.2 Å². The van der Waals surface area contributed by atoms with Crippen LogP contribution in [-0.4, -0.2) is 42.6 Å². The first-order chi connectivity index (χ1) is 9.54. The Morgan fingerprint density at radius 2 is 1.86 bits per heavy atom. The molecule has 1 saturated heterocycles. The molecule has 22 heavy (non-hydrogen) atoms. The molecule has 0 bridgehead atoms. The van der Waals surface area contributed by atoms with Crippen LogP contribution in [-0.2, 0) is 0 Å². The van der Waals surface area contributed by atoms with Gasteiger partial charge in [-0.25, -0.2) is 8.78 Å². The largest absolute Gasteiger partial charge is 0.506 e. The van der Waals surface area contributed by atoms with Gasteiger partial charge in [-0.1, -0.05) is 0 Å². The van der Waals surface area contributed by atoms with Crippen molar-refractivity contribution < 1.29 is 13.9 Å². The van der Waals surface area contributed by atoms with Gasteiger partial charge in [0, 0.05) is 31.7 Å². The molecule has 0 aliphatic carbocycles. The van der Waals surface area contributed by atoms with Crippen molar-refractivity contribution in [2.75, 3.05) is 26.2 Å². The Balaban J connectivity index is 0.00000220. The molecule has 1 aromatic carbocycles. The van der Waals surface area contributed by atoms with Gasteiger partial charge in [0.05, 0.1) is 16.1 Å². The molecule has 0 unspecified atom stereocenters. The van der Waals surface area contributed by atoms with Crippen LogP contribution in [0.15, 0.2) is 16.6 Å². The van der Waals surface area contributed by atoms with Gasteiger partial charge < -0.3 is 10.4 Å². The standard InChI is InChI=1S/C13H14BrF2N3O.2ClH/c14-10-6-8(7-17)5-9(12(10)20)11(13(15)16)19-3-1-18-2-4-19;;/h5-6,11,13,18,20H,1-4H2;2*1H/t11-;;/m0../s1. The smallest absolute Gasteiger partial charge is 0.258 e. The number of phenolic OH excluding ortho intramolecular Hbond substituents is 1. The van der Waals surface area contributed by atoms with Crippen molar-refractivity contribution in [1.82, 2.24) is 10.2 Å². The Bertz CT molecular complexity index is 537. The predicted molar refractivity (Wildman–Crippen MR) is 88.2 cm³/mol. The fourth-order valence-electron chi connectivity index (χ4n) is 2.36. The maximum Gasteiger partial charge on any atom is 0.258 e. The molecule has 1 aliphatic heterocycles. The molecule has 124 valence electrons. The van der Waals surface area contributed by atoms with Crippen LogP contribution in [0.5, 0.6) is 5.75 Å². The monoisotopic (exact) mass is 417 g/mol. The second kappa shape index (κ2) is 9.48. The molecule has 0 radical (unpaired) electrons. The Morgan fingerprint density at radius 3 is 2.36 bits per heavy atom. The number of nitrogens with one attached hydrogen (secondary N) is 1. The van der Waals surface area contributed by atoms with E-state index in [1.54, 1.807) is 4.90 Å². The van der Waals surface area contributed by atoms with Crippen molar-refractivity contribution in [1.29, 1.82) is 5.26 Å². The lowest BCUT2D eigenvalue weighted by molar-refractivity contribution is 0.0170. The van der Waals surface area contributed by atoms with Gasteiger partial charge in [-0.05, 0) is 28.1 Å². The topological polar surface area (TPSA) is 59.3 Å². The molecule has 1 aliphatic rings. The summed E-state index contributed by atoms with van der Waals surface area (Å²) in [5.74, 6) is -0.229. The maximum atomic E-state index is 13.4. The van der Waals surface area contributed by atoms with Crippen molar-refractivity contribution in [3.8, 4) is 11.8 Å². The highest BCUT2D eigenvalue weighted by Crippen LogP contribution is 2.38. The second-order valence-electron chi connectivity index (χ2n) is 4.57. The molecule has 2 N–H and O–H groups in total. The minimum absolute atomic E-state index is 0. The van der Waals surface area contributed by atoms with Crippen LogP contribution in [0.2, 0.25) is 0 Å². The summed E-state index contributed by atoms with van der Waals surface area (Å²) >= 11 is 3.10. The maximum absolute atomic E-state index is 13.4. The van der Waals surface area contributed by atoms with Crippen LogP contribution in [0.25, 0.3) is 0 Å². The number of piperazine rings is 1. The number of rotatable bonds is 3. The van der Waals surface area contributed by atoms with E-state index < -0.39 is 12.5 Å². The zero-order valence-electron chi connectivity index (χ0n) is 11.4. The molecule has 1 fully saturated rings. The fourth-order valence-corrected chi connectivity index (χ4v) is 2.84. The van der Waals surface area contributed by atoms with Gasteiger partial charge in [0.1, 0.15) is 11.8 Å². The summed E-state index contributed by atoms with van der Waals surface area (Å²) in [7, 11) is 0. The quantitative estimate of drug-likeness (QED) is 0.791. The highest BCUT2D eigenvalue weighted by atomic mass is 79.9. The van der Waals surface area contributed by atoms with E-state index in [-0.39, 0.29) is 46.2 Å². The molecule has 1 heterocycles. The van der Waals surface area contributed by atoms with Crippen LogP contribution >= 0.6 is 40.7 Å². The molecule has 1 atom stereocenters. The lowest BCUT2D eigenvalue weighted by Crippen LogP contribution is -2.46. The van der Waals surface area contributed by atoms with Gasteiger partial charge in [-0.2, -0.15) is 5.26 Å². The summed E-state index contributed by atoms with van der Waals surface area (Å²) in [4.78, 5) is 1.63. The first-order valence-corrected chi connectivity index (χ1v) is 6.99. The van der Waals surface area contributed by atoms with Crippen molar-refractivity contribution in [2.24, 2.45) is 0 Å². The average Bonchev–Trinajstić information content (AvgIpc) is 2.44. The molecule has 0 spiro atoms. The molecular weight excluding hydrogens is 403 g/mol. The van der Waals surface area contributed by atoms with E-state index >= 15 is 0 Å². The minimum atomic E-state index is -2.64. The number of halogens is 5. The van der Waals surface area contributed by atoms with Gasteiger partial charge in [0.15, 0.2) is 0 Å². The number of hydrogen-bond acceptors (Lipinski definition) is 4. The number of benzene rings is 1. The van der Waals surface area contributed by atoms with Crippen LogP contribution < -0.4 is 5.32 Å². The van der Waals surface area contributed by atoms with Crippen LogP contribution in [0.1, 0.15) is 17.2 Å². The van der Waals surface area contributed by atoms with Crippen LogP contribution in [0.3, 0.4) is 0 Å². The minimum Gasteiger partial charge on any atom is -0.506 e. The van der Waals surface area contributed by atoms with Crippen LogP contribution in [0.4, 0.5) is 8.78 Å². The molecular formula is C13H16BrCl2F2N3O. The Labute approximate surface area is 148 Å². The van der Waals surface area contributed by atoms with Crippen molar-refractivity contribution in [2.45, 2.75) is 12.5 Å². The highest BCUT2D eigenvalue weighted by molar-refractivity contribution is 9.10. The number of hydrogen-bond donors (Lipinski definition) is 2. The van der Waals surface area contributed by atoms with Crippen molar-refractivity contribution in [3.05, 3.63) is 27.7 Å². The van der Waals surface area contributed by atoms with E-state index in [0.717, 1.165) is 0 Å². The van der Waals surface area contributed by atoms with E-state index in [1.165, 1.54) is 12.1 Å². The van der Waals surface area contributed by atoms with Crippen molar-refractivity contribution in [3.63, 3.8) is 0 Å². The molecule has 1 aromatic rings. The molecule has 9 heteroatoms. The van der Waals surface area contributed by atoms with E-state index in [2.05, 4.69) is 21.2 Å². The number of aromatic hydroxyl groups is 1. The summed E-state index contributed by atoms with van der Waals surface area (Å²) in [5, 5.41) is 22.1.